The van der Waals surface area contributed by atoms with E-state index in [0.29, 0.717) is 6.07 Å². The molecule has 0 heterocycles. The van der Waals surface area contributed by atoms with Crippen LogP contribution in [0.15, 0.2) is 12.1 Å². The predicted octanol–water partition coefficient (Wildman–Crippen LogP) is 3.16. The molecule has 0 unspecified atom stereocenters. The van der Waals surface area contributed by atoms with Gasteiger partial charge in [0, 0.05) is 11.3 Å². The zero-order valence-corrected chi connectivity index (χ0v) is 7.97. The molecule has 0 aliphatic carbocycles. The highest BCUT2D eigenvalue weighted by Crippen LogP contribution is 2.33. The lowest BCUT2D eigenvalue weighted by Crippen LogP contribution is -2.10. The van der Waals surface area contributed by atoms with E-state index in [-0.39, 0.29) is 23.7 Å². The zero-order valence-electron chi connectivity index (χ0n) is 7.15. The van der Waals surface area contributed by atoms with Crippen LogP contribution in [0.4, 0.5) is 23.2 Å². The Hall–Kier alpha value is -0.970. The highest BCUT2D eigenvalue weighted by molar-refractivity contribution is 5.85. The monoisotopic (exact) mass is 229 g/mol. The van der Waals surface area contributed by atoms with Crippen molar-refractivity contribution in [2.24, 2.45) is 0 Å². The van der Waals surface area contributed by atoms with Crippen LogP contribution in [0, 0.1) is 12.7 Å². The highest BCUT2D eigenvalue weighted by atomic mass is 35.5. The van der Waals surface area contributed by atoms with Crippen molar-refractivity contribution in [2.75, 3.05) is 5.73 Å². The summed E-state index contributed by atoms with van der Waals surface area (Å²) < 4.78 is 49.2. The first kappa shape index (κ1) is 13.0. The van der Waals surface area contributed by atoms with Gasteiger partial charge in [-0.3, -0.25) is 0 Å². The third kappa shape index (κ3) is 2.29. The van der Waals surface area contributed by atoms with Gasteiger partial charge in [0.05, 0.1) is 5.56 Å². The van der Waals surface area contributed by atoms with Crippen LogP contribution in [-0.4, -0.2) is 0 Å². The molecule has 0 amide bonds. The quantitative estimate of drug-likeness (QED) is 0.537. The topological polar surface area (TPSA) is 26.0 Å². The van der Waals surface area contributed by atoms with E-state index in [2.05, 4.69) is 0 Å². The van der Waals surface area contributed by atoms with E-state index in [4.69, 9.17) is 5.73 Å². The first-order valence-corrected chi connectivity index (χ1v) is 3.46. The van der Waals surface area contributed by atoms with Gasteiger partial charge in [0.15, 0.2) is 0 Å². The molecule has 0 saturated carbocycles. The standard InChI is InChI=1S/C8H7F4N.ClH/c1-4-6(13)3-2-5(7(4)9)8(10,11)12;/h2-3H,13H2,1H3;1H. The summed E-state index contributed by atoms with van der Waals surface area (Å²) in [5, 5.41) is 0. The van der Waals surface area contributed by atoms with Gasteiger partial charge in [-0.05, 0) is 19.1 Å². The molecule has 0 aliphatic heterocycles. The van der Waals surface area contributed by atoms with Gasteiger partial charge in [-0.15, -0.1) is 12.4 Å². The Labute approximate surface area is 84.3 Å². The molecule has 0 bridgehead atoms. The largest absolute Gasteiger partial charge is 0.419 e. The fourth-order valence-electron chi connectivity index (χ4n) is 0.919. The third-order valence-electron chi connectivity index (χ3n) is 1.73. The van der Waals surface area contributed by atoms with Gasteiger partial charge < -0.3 is 5.73 Å². The maximum Gasteiger partial charge on any atom is 0.419 e. The van der Waals surface area contributed by atoms with Crippen molar-refractivity contribution in [3.05, 3.63) is 29.1 Å². The minimum absolute atomic E-state index is 0. The van der Waals surface area contributed by atoms with Crippen molar-refractivity contribution in [1.29, 1.82) is 0 Å². The van der Waals surface area contributed by atoms with Gasteiger partial charge in [-0.1, -0.05) is 0 Å². The van der Waals surface area contributed by atoms with Gasteiger partial charge >= 0.3 is 6.18 Å². The number of nitrogens with two attached hydrogens (primary N) is 1. The normalized spacial score (nSPS) is 10.9. The molecule has 14 heavy (non-hydrogen) atoms. The lowest BCUT2D eigenvalue weighted by Gasteiger charge is -2.10. The summed E-state index contributed by atoms with van der Waals surface area (Å²) >= 11 is 0. The van der Waals surface area contributed by atoms with Crippen molar-refractivity contribution in [3.63, 3.8) is 0 Å². The molecule has 0 spiro atoms. The molecular weight excluding hydrogens is 222 g/mol. The fourth-order valence-corrected chi connectivity index (χ4v) is 0.919. The Morgan fingerprint density at radius 2 is 1.71 bits per heavy atom. The summed E-state index contributed by atoms with van der Waals surface area (Å²) in [5.74, 6) is -1.30. The van der Waals surface area contributed by atoms with Crippen LogP contribution in [0.3, 0.4) is 0 Å². The summed E-state index contributed by atoms with van der Waals surface area (Å²) in [6, 6.07) is 1.68. The van der Waals surface area contributed by atoms with Gasteiger partial charge in [0.1, 0.15) is 5.82 Å². The lowest BCUT2D eigenvalue weighted by atomic mass is 10.1. The number of rotatable bonds is 0. The number of alkyl halides is 3. The lowest BCUT2D eigenvalue weighted by molar-refractivity contribution is -0.140. The van der Waals surface area contributed by atoms with E-state index < -0.39 is 17.6 Å². The molecule has 2 N–H and O–H groups in total. The van der Waals surface area contributed by atoms with E-state index in [9.17, 15) is 17.6 Å². The number of halogens is 5. The van der Waals surface area contributed by atoms with Crippen LogP contribution in [0.5, 0.6) is 0 Å². The number of hydrogen-bond acceptors (Lipinski definition) is 1. The van der Waals surface area contributed by atoms with E-state index >= 15 is 0 Å². The maximum absolute atomic E-state index is 13.0. The smallest absolute Gasteiger partial charge is 0.398 e. The molecule has 0 aliphatic rings. The molecule has 1 aromatic carbocycles. The summed E-state index contributed by atoms with van der Waals surface area (Å²) in [6.45, 7) is 1.21. The van der Waals surface area contributed by atoms with E-state index in [1.54, 1.807) is 0 Å². The number of nitrogen functional groups attached to an aromatic ring is 1. The molecule has 1 aromatic rings. The Kier molecular flexibility index (Phi) is 3.76. The van der Waals surface area contributed by atoms with E-state index in [1.165, 1.54) is 6.92 Å². The molecule has 0 saturated heterocycles. The molecular formula is C8H8ClF4N. The fraction of sp³-hybridized carbons (Fsp3) is 0.250. The number of anilines is 1. The van der Waals surface area contributed by atoms with Crippen molar-refractivity contribution in [1.82, 2.24) is 0 Å². The Morgan fingerprint density at radius 3 is 2.14 bits per heavy atom. The van der Waals surface area contributed by atoms with Crippen LogP contribution in [-0.2, 0) is 6.18 Å². The Bertz CT molecular complexity index is 335. The minimum Gasteiger partial charge on any atom is -0.398 e. The van der Waals surface area contributed by atoms with Crippen LogP contribution < -0.4 is 5.73 Å². The van der Waals surface area contributed by atoms with Gasteiger partial charge in [-0.2, -0.15) is 13.2 Å². The van der Waals surface area contributed by atoms with Gasteiger partial charge in [0.25, 0.3) is 0 Å². The molecule has 0 aromatic heterocycles. The molecule has 0 atom stereocenters. The number of benzene rings is 1. The molecule has 0 radical (unpaired) electrons. The van der Waals surface area contributed by atoms with Gasteiger partial charge in [0.2, 0.25) is 0 Å². The second-order valence-corrected chi connectivity index (χ2v) is 2.64. The third-order valence-corrected chi connectivity index (χ3v) is 1.73. The average molecular weight is 230 g/mol. The van der Waals surface area contributed by atoms with Crippen LogP contribution in [0.25, 0.3) is 0 Å². The molecule has 1 nitrogen and oxygen atoms in total. The van der Waals surface area contributed by atoms with Gasteiger partial charge in [-0.25, -0.2) is 4.39 Å². The zero-order chi connectivity index (χ0) is 10.2. The molecule has 0 fully saturated rings. The van der Waals surface area contributed by atoms with Crippen LogP contribution in [0.2, 0.25) is 0 Å². The Morgan fingerprint density at radius 1 is 1.21 bits per heavy atom. The van der Waals surface area contributed by atoms with Crippen LogP contribution in [0.1, 0.15) is 11.1 Å². The predicted molar refractivity (Wildman–Crippen MR) is 47.8 cm³/mol. The highest BCUT2D eigenvalue weighted by Gasteiger charge is 2.34. The number of hydrogen-bond donors (Lipinski definition) is 1. The second-order valence-electron chi connectivity index (χ2n) is 2.64. The van der Waals surface area contributed by atoms with Crippen molar-refractivity contribution < 1.29 is 17.6 Å². The second kappa shape index (κ2) is 4.04. The maximum atomic E-state index is 13.0. The first-order chi connectivity index (χ1) is 5.84. The van der Waals surface area contributed by atoms with Crippen LogP contribution >= 0.6 is 12.4 Å². The van der Waals surface area contributed by atoms with Crippen molar-refractivity contribution in [2.45, 2.75) is 13.1 Å². The summed E-state index contributed by atoms with van der Waals surface area (Å²) in [6.07, 6.45) is -4.66. The summed E-state index contributed by atoms with van der Waals surface area (Å²) in [7, 11) is 0. The Balaban J connectivity index is 0.00000169. The minimum atomic E-state index is -4.66. The van der Waals surface area contributed by atoms with E-state index in [0.717, 1.165) is 6.07 Å². The van der Waals surface area contributed by atoms with Crippen molar-refractivity contribution in [3.8, 4) is 0 Å². The average Bonchev–Trinajstić information content (AvgIpc) is 1.98. The first-order valence-electron chi connectivity index (χ1n) is 3.46. The SMILES string of the molecule is Cc1c(N)ccc(C(F)(F)F)c1F.Cl. The van der Waals surface area contributed by atoms with E-state index in [1.807, 2.05) is 0 Å². The molecule has 6 heteroatoms. The summed E-state index contributed by atoms with van der Waals surface area (Å²) in [5.41, 5.74) is 3.79. The van der Waals surface area contributed by atoms with Crippen molar-refractivity contribution >= 4 is 18.1 Å². The molecule has 80 valence electrons. The molecule has 1 rings (SSSR count). The summed E-state index contributed by atoms with van der Waals surface area (Å²) in [4.78, 5) is 0.